The fourth-order valence-electron chi connectivity index (χ4n) is 1.82. The number of halogens is 1. The van der Waals surface area contributed by atoms with Crippen molar-refractivity contribution in [1.82, 2.24) is 10.5 Å². The number of rotatable bonds is 4. The van der Waals surface area contributed by atoms with Crippen LogP contribution in [0.5, 0.6) is 0 Å². The van der Waals surface area contributed by atoms with Crippen molar-refractivity contribution in [3.8, 4) is 0 Å². The highest BCUT2D eigenvalue weighted by molar-refractivity contribution is 9.11. The van der Waals surface area contributed by atoms with E-state index in [0.717, 1.165) is 13.5 Å². The number of hydrogen-bond acceptors (Lipinski definition) is 6. The van der Waals surface area contributed by atoms with Crippen LogP contribution in [-0.4, -0.2) is 11.1 Å². The van der Waals surface area contributed by atoms with Crippen molar-refractivity contribution in [3.05, 3.63) is 55.1 Å². The highest BCUT2D eigenvalue weighted by Crippen LogP contribution is 2.34. The Balaban J connectivity index is 1.91. The van der Waals surface area contributed by atoms with Gasteiger partial charge in [-0.15, -0.1) is 22.7 Å². The van der Waals surface area contributed by atoms with Crippen molar-refractivity contribution in [3.63, 3.8) is 0 Å². The van der Waals surface area contributed by atoms with E-state index < -0.39 is 0 Å². The van der Waals surface area contributed by atoms with Crippen LogP contribution in [0.25, 0.3) is 0 Å². The molecule has 3 aromatic rings. The van der Waals surface area contributed by atoms with E-state index in [1.165, 1.54) is 23.8 Å². The summed E-state index contributed by atoms with van der Waals surface area (Å²) in [6.07, 6.45) is 2.71. The number of carbonyl (C=O) groups excluding carboxylic acids is 1. The zero-order chi connectivity index (χ0) is 14.8. The van der Waals surface area contributed by atoms with Crippen molar-refractivity contribution < 1.29 is 9.32 Å². The minimum absolute atomic E-state index is 0.238. The second-order valence-electron chi connectivity index (χ2n) is 4.24. The molecule has 0 aliphatic carbocycles. The molecule has 0 aliphatic heterocycles. The molecule has 5 nitrogen and oxygen atoms in total. The normalized spacial score (nSPS) is 12.2. The number of nitrogens with one attached hydrogen (secondary N) is 1. The third kappa shape index (κ3) is 3.17. The van der Waals surface area contributed by atoms with Gasteiger partial charge in [-0.3, -0.25) is 4.79 Å². The van der Waals surface area contributed by atoms with Crippen molar-refractivity contribution in [1.29, 1.82) is 0 Å². The van der Waals surface area contributed by atoms with Crippen LogP contribution in [0.15, 0.2) is 44.3 Å². The molecule has 0 radical (unpaired) electrons. The molecule has 0 saturated carbocycles. The van der Waals surface area contributed by atoms with Crippen LogP contribution < -0.4 is 11.1 Å². The second-order valence-corrected chi connectivity index (χ2v) is 7.68. The first-order valence-electron chi connectivity index (χ1n) is 5.93. The lowest BCUT2D eigenvalue weighted by molar-refractivity contribution is 0.0943. The van der Waals surface area contributed by atoms with Gasteiger partial charge in [-0.2, -0.15) is 0 Å². The molecule has 3 aromatic heterocycles. The number of carbonyl (C=O) groups is 1. The van der Waals surface area contributed by atoms with E-state index in [-0.39, 0.29) is 11.9 Å². The number of anilines is 1. The molecule has 0 bridgehead atoms. The number of nitrogens with two attached hydrogens (primary N) is 1. The topological polar surface area (TPSA) is 81.1 Å². The third-order valence-corrected chi connectivity index (χ3v) is 5.48. The third-order valence-electron chi connectivity index (χ3n) is 2.77. The van der Waals surface area contributed by atoms with Gasteiger partial charge in [0.25, 0.3) is 5.91 Å². The molecule has 1 unspecified atom stereocenters. The summed E-state index contributed by atoms with van der Waals surface area (Å²) < 4.78 is 5.71. The molecule has 3 heterocycles. The molecule has 1 atom stereocenters. The zero-order valence-corrected chi connectivity index (χ0v) is 13.8. The van der Waals surface area contributed by atoms with Crippen LogP contribution in [0.3, 0.4) is 0 Å². The lowest BCUT2D eigenvalue weighted by Gasteiger charge is -2.15. The number of nitrogens with zero attached hydrogens (tertiary/aromatic N) is 1. The van der Waals surface area contributed by atoms with E-state index in [2.05, 4.69) is 26.4 Å². The highest BCUT2D eigenvalue weighted by atomic mass is 79.9. The molecule has 3 rings (SSSR count). The Labute approximate surface area is 136 Å². The van der Waals surface area contributed by atoms with E-state index in [9.17, 15) is 4.79 Å². The summed E-state index contributed by atoms with van der Waals surface area (Å²) in [5.74, 6) is -0.238. The van der Waals surface area contributed by atoms with Crippen LogP contribution >= 0.6 is 38.6 Å². The first-order chi connectivity index (χ1) is 10.1. The molecule has 0 saturated heterocycles. The second kappa shape index (κ2) is 6.00. The van der Waals surface area contributed by atoms with E-state index in [1.54, 1.807) is 11.3 Å². The van der Waals surface area contributed by atoms with Crippen LogP contribution in [0.4, 0.5) is 5.69 Å². The smallest absolute Gasteiger partial charge is 0.257 e. The average molecular weight is 384 g/mol. The summed E-state index contributed by atoms with van der Waals surface area (Å²) in [5, 5.41) is 8.39. The molecule has 0 aromatic carbocycles. The molecule has 1 amide bonds. The van der Waals surface area contributed by atoms with Gasteiger partial charge in [0.05, 0.1) is 21.6 Å². The zero-order valence-electron chi connectivity index (χ0n) is 10.6. The Morgan fingerprint density at radius 3 is 2.86 bits per heavy atom. The van der Waals surface area contributed by atoms with Crippen molar-refractivity contribution in [2.75, 3.05) is 5.73 Å². The first-order valence-corrected chi connectivity index (χ1v) is 8.42. The van der Waals surface area contributed by atoms with Crippen LogP contribution in [-0.2, 0) is 0 Å². The van der Waals surface area contributed by atoms with E-state index in [1.807, 2.05) is 23.6 Å². The van der Waals surface area contributed by atoms with Crippen LogP contribution in [0, 0.1) is 0 Å². The predicted octanol–water partition coefficient (Wildman–Crippen LogP) is 3.66. The first kappa shape index (κ1) is 14.3. The van der Waals surface area contributed by atoms with Gasteiger partial charge < -0.3 is 15.6 Å². The maximum absolute atomic E-state index is 12.2. The lowest BCUT2D eigenvalue weighted by Crippen LogP contribution is -2.27. The Morgan fingerprint density at radius 1 is 1.43 bits per heavy atom. The van der Waals surface area contributed by atoms with E-state index >= 15 is 0 Å². The molecule has 8 heteroatoms. The minimum atomic E-state index is -0.244. The molecular formula is C13H10BrN3O2S2. The number of amides is 1. The number of nitrogen functional groups attached to an aromatic ring is 1. The lowest BCUT2D eigenvalue weighted by atomic mass is 10.2. The largest absolute Gasteiger partial charge is 0.398 e. The fraction of sp³-hybridized carbons (Fsp3) is 0.0769. The standard InChI is InChI=1S/C13H10BrN3O2S2/c14-11-2-1-9(21-11)12(10-3-8(15)6-20-10)17-13(18)7-4-16-19-5-7/h1-6,12H,15H2,(H,17,18). The summed E-state index contributed by atoms with van der Waals surface area (Å²) in [4.78, 5) is 14.2. The molecule has 108 valence electrons. The van der Waals surface area contributed by atoms with Gasteiger partial charge in [0.15, 0.2) is 0 Å². The number of aromatic nitrogens is 1. The van der Waals surface area contributed by atoms with Crippen molar-refractivity contribution in [2.45, 2.75) is 6.04 Å². The Kier molecular flexibility index (Phi) is 4.09. The predicted molar refractivity (Wildman–Crippen MR) is 86.6 cm³/mol. The van der Waals surface area contributed by atoms with Gasteiger partial charge in [-0.1, -0.05) is 5.16 Å². The maximum Gasteiger partial charge on any atom is 0.257 e. The Morgan fingerprint density at radius 2 is 2.29 bits per heavy atom. The van der Waals surface area contributed by atoms with Gasteiger partial charge in [0.1, 0.15) is 6.26 Å². The van der Waals surface area contributed by atoms with E-state index in [0.29, 0.717) is 11.3 Å². The van der Waals surface area contributed by atoms with Gasteiger partial charge in [-0.25, -0.2) is 0 Å². The number of thiophene rings is 2. The molecule has 0 fully saturated rings. The Bertz CT molecular complexity index is 711. The molecule has 0 aliphatic rings. The van der Waals surface area contributed by atoms with Gasteiger partial charge >= 0.3 is 0 Å². The molecular weight excluding hydrogens is 374 g/mol. The summed E-state index contributed by atoms with van der Waals surface area (Å²) in [6.45, 7) is 0. The SMILES string of the molecule is Nc1csc(C(NC(=O)c2cnoc2)c2ccc(Br)s2)c1. The van der Waals surface area contributed by atoms with Crippen LogP contribution in [0.2, 0.25) is 0 Å². The summed E-state index contributed by atoms with van der Waals surface area (Å²) in [5.41, 5.74) is 6.87. The van der Waals surface area contributed by atoms with Crippen molar-refractivity contribution in [2.24, 2.45) is 0 Å². The summed E-state index contributed by atoms with van der Waals surface area (Å²) in [7, 11) is 0. The molecule has 3 N–H and O–H groups in total. The molecule has 0 spiro atoms. The molecule has 21 heavy (non-hydrogen) atoms. The summed E-state index contributed by atoms with van der Waals surface area (Å²) in [6, 6.07) is 5.56. The minimum Gasteiger partial charge on any atom is -0.398 e. The Hall–Kier alpha value is -1.64. The van der Waals surface area contributed by atoms with E-state index in [4.69, 9.17) is 10.3 Å². The number of hydrogen-bond donors (Lipinski definition) is 2. The van der Waals surface area contributed by atoms with Crippen molar-refractivity contribution >= 4 is 50.2 Å². The van der Waals surface area contributed by atoms with Gasteiger partial charge in [0, 0.05) is 20.8 Å². The fourth-order valence-corrected chi connectivity index (χ4v) is 4.25. The quantitative estimate of drug-likeness (QED) is 0.719. The summed E-state index contributed by atoms with van der Waals surface area (Å²) >= 11 is 6.52. The highest BCUT2D eigenvalue weighted by Gasteiger charge is 2.21. The van der Waals surface area contributed by atoms with Crippen LogP contribution in [0.1, 0.15) is 26.2 Å². The van der Waals surface area contributed by atoms with Gasteiger partial charge in [-0.05, 0) is 34.1 Å². The monoisotopic (exact) mass is 383 g/mol. The average Bonchev–Trinajstić information content (AvgIpc) is 3.17. The van der Waals surface area contributed by atoms with Gasteiger partial charge in [0.2, 0.25) is 0 Å². The maximum atomic E-state index is 12.2.